The van der Waals surface area contributed by atoms with E-state index in [4.69, 9.17) is 11.6 Å². The number of sulfone groups is 1. The number of aromatic amines is 1. The van der Waals surface area contributed by atoms with E-state index in [0.29, 0.717) is 10.5 Å². The van der Waals surface area contributed by atoms with Gasteiger partial charge in [-0.05, 0) is 67.4 Å². The van der Waals surface area contributed by atoms with Crippen molar-refractivity contribution in [2.45, 2.75) is 28.5 Å². The Bertz CT molecular complexity index is 1640. The Hall–Kier alpha value is -3.18. The lowest BCUT2D eigenvalue weighted by atomic mass is 10.2. The van der Waals surface area contributed by atoms with Crippen molar-refractivity contribution in [3.05, 3.63) is 88.6 Å². The monoisotopic (exact) mass is 545 g/mol. The molecule has 0 atom stereocenters. The molecule has 0 bridgehead atoms. The molecule has 1 heterocycles. The van der Waals surface area contributed by atoms with Crippen LogP contribution in [0.15, 0.2) is 81.4 Å². The topological polar surface area (TPSA) is 125 Å². The number of hydrogen-bond donors (Lipinski definition) is 3. The van der Waals surface area contributed by atoms with Crippen LogP contribution in [0, 0.1) is 13.8 Å². The van der Waals surface area contributed by atoms with Crippen LogP contribution in [0.4, 0.5) is 0 Å². The zero-order valence-corrected chi connectivity index (χ0v) is 21.9. The van der Waals surface area contributed by atoms with Gasteiger partial charge in [-0.1, -0.05) is 35.9 Å². The van der Waals surface area contributed by atoms with Crippen LogP contribution in [0.3, 0.4) is 0 Å². The molecular weight excluding hydrogens is 522 g/mol. The fourth-order valence-corrected chi connectivity index (χ4v) is 6.93. The van der Waals surface area contributed by atoms with Gasteiger partial charge in [-0.25, -0.2) is 21.6 Å². The Kier molecular flexibility index (Phi) is 7.24. The van der Waals surface area contributed by atoms with Crippen molar-refractivity contribution in [2.75, 3.05) is 13.1 Å². The molecule has 4 aromatic rings. The maximum atomic E-state index is 13.7. The highest BCUT2D eigenvalue weighted by molar-refractivity contribution is 7.91. The minimum Gasteiger partial charge on any atom is -0.349 e. The highest BCUT2D eigenvalue weighted by atomic mass is 35.5. The molecule has 0 unspecified atom stereocenters. The first-order chi connectivity index (χ1) is 17.0. The Labute approximate surface area is 214 Å². The zero-order chi connectivity index (χ0) is 26.1. The summed E-state index contributed by atoms with van der Waals surface area (Å²) in [6.45, 7) is 3.43. The Balaban J connectivity index is 1.63. The lowest BCUT2D eigenvalue weighted by Gasteiger charge is -2.10. The molecular formula is C25H24ClN3O5S2. The summed E-state index contributed by atoms with van der Waals surface area (Å²) in [6, 6.07) is 17.5. The van der Waals surface area contributed by atoms with E-state index in [1.54, 1.807) is 56.3 Å². The molecule has 1 aromatic heterocycles. The molecule has 3 aromatic carbocycles. The summed E-state index contributed by atoms with van der Waals surface area (Å²) in [5.74, 6) is -0.691. The normalized spacial score (nSPS) is 12.1. The quantitative estimate of drug-likeness (QED) is 0.289. The summed E-state index contributed by atoms with van der Waals surface area (Å²) in [4.78, 5) is 16.0. The fourth-order valence-electron chi connectivity index (χ4n) is 3.92. The third kappa shape index (κ3) is 5.31. The van der Waals surface area contributed by atoms with Gasteiger partial charge in [0, 0.05) is 29.0 Å². The summed E-state index contributed by atoms with van der Waals surface area (Å²) in [5.41, 5.74) is 1.81. The predicted molar refractivity (Wildman–Crippen MR) is 139 cm³/mol. The molecule has 0 fully saturated rings. The van der Waals surface area contributed by atoms with Crippen LogP contribution in [-0.2, 0) is 19.9 Å². The SMILES string of the molecule is Cc1cc(C)cc(S(=O)(=O)c2c(C(=O)NCCNS(=O)(=O)c3ccccc3)[nH]c3ccc(Cl)cc23)c1. The molecule has 0 saturated heterocycles. The minimum absolute atomic E-state index is 0.0607. The van der Waals surface area contributed by atoms with Crippen LogP contribution in [0.25, 0.3) is 10.9 Å². The number of halogens is 1. The van der Waals surface area contributed by atoms with Gasteiger partial charge in [-0.15, -0.1) is 0 Å². The Morgan fingerprint density at radius 3 is 2.19 bits per heavy atom. The van der Waals surface area contributed by atoms with Crippen molar-refractivity contribution in [1.82, 2.24) is 15.0 Å². The van der Waals surface area contributed by atoms with Gasteiger partial charge in [0.1, 0.15) is 10.6 Å². The van der Waals surface area contributed by atoms with E-state index >= 15 is 0 Å². The summed E-state index contributed by atoms with van der Waals surface area (Å²) < 4.78 is 54.6. The number of sulfonamides is 1. The molecule has 0 spiro atoms. The summed E-state index contributed by atoms with van der Waals surface area (Å²) in [5, 5.41) is 3.20. The number of H-pyrrole nitrogens is 1. The maximum absolute atomic E-state index is 13.7. The van der Waals surface area contributed by atoms with Crippen LogP contribution in [0.1, 0.15) is 21.6 Å². The number of aromatic nitrogens is 1. The van der Waals surface area contributed by atoms with Crippen molar-refractivity contribution in [3.63, 3.8) is 0 Å². The number of fused-ring (bicyclic) bond motifs is 1. The third-order valence-corrected chi connectivity index (χ3v) is 9.00. The van der Waals surface area contributed by atoms with Gasteiger partial charge in [0.05, 0.1) is 9.79 Å². The average Bonchev–Trinajstić information content (AvgIpc) is 3.21. The average molecular weight is 546 g/mol. The predicted octanol–water partition coefficient (Wildman–Crippen LogP) is 3.98. The van der Waals surface area contributed by atoms with Gasteiger partial charge >= 0.3 is 0 Å². The Morgan fingerprint density at radius 2 is 1.53 bits per heavy atom. The van der Waals surface area contributed by atoms with Gasteiger partial charge in [0.2, 0.25) is 19.9 Å². The largest absolute Gasteiger partial charge is 0.349 e. The van der Waals surface area contributed by atoms with E-state index in [2.05, 4.69) is 15.0 Å². The minimum atomic E-state index is -4.11. The maximum Gasteiger partial charge on any atom is 0.269 e. The molecule has 4 rings (SSSR count). The second-order valence-electron chi connectivity index (χ2n) is 8.31. The van der Waals surface area contributed by atoms with Crippen LogP contribution in [0.5, 0.6) is 0 Å². The second kappa shape index (κ2) is 10.1. The molecule has 0 aliphatic rings. The van der Waals surface area contributed by atoms with Crippen LogP contribution in [0.2, 0.25) is 5.02 Å². The van der Waals surface area contributed by atoms with E-state index in [1.165, 1.54) is 18.2 Å². The highest BCUT2D eigenvalue weighted by Gasteiger charge is 2.30. The number of hydrogen-bond acceptors (Lipinski definition) is 5. The number of benzene rings is 3. The fraction of sp³-hybridized carbons (Fsp3) is 0.160. The van der Waals surface area contributed by atoms with Crippen LogP contribution in [-0.4, -0.2) is 40.8 Å². The number of nitrogens with one attached hydrogen (secondary N) is 3. The lowest BCUT2D eigenvalue weighted by molar-refractivity contribution is 0.0947. The Morgan fingerprint density at radius 1 is 0.861 bits per heavy atom. The molecule has 36 heavy (non-hydrogen) atoms. The smallest absolute Gasteiger partial charge is 0.269 e. The molecule has 188 valence electrons. The first-order valence-corrected chi connectivity index (χ1v) is 14.3. The van der Waals surface area contributed by atoms with E-state index in [9.17, 15) is 21.6 Å². The van der Waals surface area contributed by atoms with E-state index in [0.717, 1.165) is 11.1 Å². The van der Waals surface area contributed by atoms with Gasteiger partial charge < -0.3 is 10.3 Å². The van der Waals surface area contributed by atoms with E-state index < -0.39 is 25.8 Å². The molecule has 3 N–H and O–H groups in total. The number of amides is 1. The summed E-state index contributed by atoms with van der Waals surface area (Å²) in [6.07, 6.45) is 0. The first kappa shape index (κ1) is 25.9. The van der Waals surface area contributed by atoms with Crippen molar-refractivity contribution in [3.8, 4) is 0 Å². The second-order valence-corrected chi connectivity index (χ2v) is 12.4. The van der Waals surface area contributed by atoms with Crippen molar-refractivity contribution in [2.24, 2.45) is 0 Å². The van der Waals surface area contributed by atoms with Gasteiger partial charge in [0.15, 0.2) is 0 Å². The van der Waals surface area contributed by atoms with Crippen molar-refractivity contribution in [1.29, 1.82) is 0 Å². The first-order valence-electron chi connectivity index (χ1n) is 11.0. The highest BCUT2D eigenvalue weighted by Crippen LogP contribution is 2.34. The van der Waals surface area contributed by atoms with Crippen molar-refractivity contribution < 1.29 is 21.6 Å². The molecule has 1 amide bonds. The number of rotatable bonds is 8. The lowest BCUT2D eigenvalue weighted by Crippen LogP contribution is -2.35. The number of carbonyl (C=O) groups is 1. The van der Waals surface area contributed by atoms with Gasteiger partial charge in [-0.3, -0.25) is 4.79 Å². The van der Waals surface area contributed by atoms with E-state index in [-0.39, 0.29) is 38.9 Å². The van der Waals surface area contributed by atoms with Crippen LogP contribution < -0.4 is 10.0 Å². The molecule has 0 saturated carbocycles. The molecule has 11 heteroatoms. The summed E-state index contributed by atoms with van der Waals surface area (Å²) >= 11 is 6.15. The van der Waals surface area contributed by atoms with Gasteiger partial charge in [-0.2, -0.15) is 0 Å². The van der Waals surface area contributed by atoms with Crippen LogP contribution >= 0.6 is 11.6 Å². The molecule has 0 aliphatic carbocycles. The number of carbonyl (C=O) groups excluding carboxylic acids is 1. The summed E-state index contributed by atoms with van der Waals surface area (Å²) in [7, 11) is -7.86. The molecule has 0 aliphatic heterocycles. The number of aryl methyl sites for hydroxylation is 2. The molecule has 8 nitrogen and oxygen atoms in total. The van der Waals surface area contributed by atoms with Gasteiger partial charge in [0.25, 0.3) is 5.91 Å². The van der Waals surface area contributed by atoms with E-state index in [1.807, 2.05) is 6.07 Å². The third-order valence-electron chi connectivity index (χ3n) is 5.47. The standard InChI is InChI=1S/C25H24ClN3O5S2/c1-16-12-17(2)14-20(13-16)35(31,32)24-21-15-18(26)8-9-22(21)29-23(24)25(30)27-10-11-28-36(33,34)19-6-4-3-5-7-19/h3-9,12-15,28-29H,10-11H2,1-2H3,(H,27,30). The zero-order valence-electron chi connectivity index (χ0n) is 19.5. The molecule has 0 radical (unpaired) electrons. The van der Waals surface area contributed by atoms with Crippen molar-refractivity contribution >= 4 is 48.3 Å².